The second-order valence-corrected chi connectivity index (χ2v) is 13.4. The van der Waals surface area contributed by atoms with Gasteiger partial charge in [-0.1, -0.05) is 119 Å². The van der Waals surface area contributed by atoms with Gasteiger partial charge in [0.25, 0.3) is 0 Å². The van der Waals surface area contributed by atoms with Crippen molar-refractivity contribution in [3.8, 4) is 0 Å². The van der Waals surface area contributed by atoms with E-state index in [1.165, 1.54) is 39.9 Å². The topological polar surface area (TPSA) is 18.5 Å². The number of hydrogen-bond donors (Lipinski definition) is 0. The number of hydrogen-bond acceptors (Lipinski definition) is 2. The van der Waals surface area contributed by atoms with Gasteiger partial charge in [0, 0.05) is 14.2 Å². The van der Waals surface area contributed by atoms with Crippen LogP contribution in [-0.2, 0) is 9.47 Å². The minimum atomic E-state index is -0.112. The van der Waals surface area contributed by atoms with Crippen molar-refractivity contribution in [3.63, 3.8) is 0 Å². The Bertz CT molecular complexity index is 1120. The maximum atomic E-state index is 5.52. The molecule has 0 aliphatic carbocycles. The fraction of sp³-hybridized carbons (Fsp3) is 0.524. The van der Waals surface area contributed by atoms with E-state index >= 15 is 0 Å². The van der Waals surface area contributed by atoms with Crippen LogP contribution in [0.25, 0.3) is 0 Å². The molecule has 2 nitrogen and oxygen atoms in total. The first-order valence-electron chi connectivity index (χ1n) is 16.5. The summed E-state index contributed by atoms with van der Waals surface area (Å²) in [7, 11) is 3.56. The fourth-order valence-corrected chi connectivity index (χ4v) is 4.17. The van der Waals surface area contributed by atoms with E-state index in [0.717, 1.165) is 44.9 Å². The normalized spacial score (nSPS) is 15.7. The number of methoxy groups -OCH3 is 2. The Morgan fingerprint density at radius 2 is 1.02 bits per heavy atom. The van der Waals surface area contributed by atoms with Gasteiger partial charge >= 0.3 is 0 Å². The van der Waals surface area contributed by atoms with Gasteiger partial charge in [-0.15, -0.1) is 0 Å². The first-order chi connectivity index (χ1) is 20.7. The predicted octanol–water partition coefficient (Wildman–Crippen LogP) is 12.9. The van der Waals surface area contributed by atoms with Crippen LogP contribution in [0.1, 0.15) is 121 Å². The summed E-state index contributed by atoms with van der Waals surface area (Å²) in [4.78, 5) is 0. The van der Waals surface area contributed by atoms with Crippen LogP contribution in [0, 0.1) is 0 Å². The highest BCUT2D eigenvalue weighted by Gasteiger charge is 2.15. The van der Waals surface area contributed by atoms with Gasteiger partial charge in [-0.05, 0) is 121 Å². The Kier molecular flexibility index (Phi) is 22.2. The van der Waals surface area contributed by atoms with Crippen LogP contribution in [0.15, 0.2) is 119 Å². The van der Waals surface area contributed by atoms with Gasteiger partial charge in [0.1, 0.15) is 0 Å². The molecule has 0 aliphatic rings. The van der Waals surface area contributed by atoms with Crippen LogP contribution in [0.2, 0.25) is 0 Å². The summed E-state index contributed by atoms with van der Waals surface area (Å²) in [6.45, 7) is 21.6. The molecule has 0 radical (unpaired) electrons. The second-order valence-electron chi connectivity index (χ2n) is 13.4. The van der Waals surface area contributed by atoms with E-state index in [2.05, 4.69) is 154 Å². The molecule has 0 aromatic heterocycles. The van der Waals surface area contributed by atoms with Crippen molar-refractivity contribution in [2.45, 2.75) is 132 Å². The van der Waals surface area contributed by atoms with E-state index in [-0.39, 0.29) is 11.2 Å². The molecule has 0 saturated heterocycles. The first-order valence-corrected chi connectivity index (χ1v) is 16.5. The van der Waals surface area contributed by atoms with E-state index in [9.17, 15) is 0 Å². The van der Waals surface area contributed by atoms with E-state index in [1.807, 2.05) is 0 Å². The molecular weight excluding hydrogens is 536 g/mol. The van der Waals surface area contributed by atoms with Crippen molar-refractivity contribution in [1.82, 2.24) is 0 Å². The molecule has 0 rings (SSSR count). The zero-order valence-electron chi connectivity index (χ0n) is 30.6. The monoisotopic (exact) mass is 603 g/mol. The van der Waals surface area contributed by atoms with Crippen molar-refractivity contribution >= 4 is 0 Å². The van der Waals surface area contributed by atoms with Crippen molar-refractivity contribution in [1.29, 1.82) is 0 Å². The molecule has 0 heterocycles. The van der Waals surface area contributed by atoms with Gasteiger partial charge in [-0.3, -0.25) is 0 Å². The standard InChI is InChI=1S/C42H66O2/c1-35(23-15-25-37(3)27-17-29-39(5)31-19-33-41(7,8)43-11)21-13-14-22-36(2)24-16-26-38(4)28-18-30-40(6)32-20-34-42(9,10)44-12/h13-15,18,20-23,25-26,28-30,32H,16-17,19,24,27,31,33-34H2,1-12H3/b14-13+,23-15+,28-18+,32-20+,35-21+,36-22+,37-25+,38-26+,39-29+,40-30+. The molecule has 44 heavy (non-hydrogen) atoms. The summed E-state index contributed by atoms with van der Waals surface area (Å²) in [6, 6.07) is 0. The minimum Gasteiger partial charge on any atom is -0.379 e. The largest absolute Gasteiger partial charge is 0.379 e. The predicted molar refractivity (Wildman–Crippen MR) is 198 cm³/mol. The highest BCUT2D eigenvalue weighted by Crippen LogP contribution is 2.19. The smallest absolute Gasteiger partial charge is 0.0657 e. The highest BCUT2D eigenvalue weighted by molar-refractivity contribution is 5.28. The molecule has 0 aromatic carbocycles. The van der Waals surface area contributed by atoms with E-state index < -0.39 is 0 Å². The number of allylic oxidation sites excluding steroid dienone is 19. The lowest BCUT2D eigenvalue weighted by Crippen LogP contribution is -2.21. The molecule has 0 amide bonds. The van der Waals surface area contributed by atoms with Crippen LogP contribution in [0.5, 0.6) is 0 Å². The molecule has 0 aliphatic heterocycles. The molecule has 0 unspecified atom stereocenters. The Hall–Kier alpha value is -2.68. The molecule has 0 spiro atoms. The second kappa shape index (κ2) is 23.7. The lowest BCUT2D eigenvalue weighted by Gasteiger charge is -2.22. The minimum absolute atomic E-state index is 0.0157. The van der Waals surface area contributed by atoms with Crippen LogP contribution in [0.3, 0.4) is 0 Å². The summed E-state index contributed by atoms with van der Waals surface area (Å²) in [5, 5.41) is 0. The molecule has 0 atom stereocenters. The molecule has 0 aromatic rings. The van der Waals surface area contributed by atoms with Crippen LogP contribution in [0.4, 0.5) is 0 Å². The molecule has 0 N–H and O–H groups in total. The van der Waals surface area contributed by atoms with E-state index in [0.29, 0.717) is 0 Å². The van der Waals surface area contributed by atoms with Crippen molar-refractivity contribution in [2.24, 2.45) is 0 Å². The summed E-state index contributed by atoms with van der Waals surface area (Å²) in [5.41, 5.74) is 7.93. The average molecular weight is 603 g/mol. The maximum Gasteiger partial charge on any atom is 0.0657 e. The van der Waals surface area contributed by atoms with Gasteiger partial charge in [-0.25, -0.2) is 0 Å². The third-order valence-corrected chi connectivity index (χ3v) is 7.79. The quantitative estimate of drug-likeness (QED) is 0.0961. The van der Waals surface area contributed by atoms with Crippen LogP contribution in [-0.4, -0.2) is 25.4 Å². The van der Waals surface area contributed by atoms with Crippen molar-refractivity contribution in [2.75, 3.05) is 14.2 Å². The number of ether oxygens (including phenoxy) is 2. The van der Waals surface area contributed by atoms with Gasteiger partial charge in [0.2, 0.25) is 0 Å². The van der Waals surface area contributed by atoms with Crippen molar-refractivity contribution < 1.29 is 9.47 Å². The van der Waals surface area contributed by atoms with E-state index in [4.69, 9.17) is 9.47 Å². The Labute approximate surface area is 273 Å². The SMILES string of the molecule is COC(C)(C)C/C=C/C(C)=C/C=C/C(C)=C/CC/C(C)=C/C=C/C=C(C)/C=C/C=C(\C)CC/C=C(\C)CCCC(C)(C)OC. The van der Waals surface area contributed by atoms with Crippen LogP contribution < -0.4 is 0 Å². The Morgan fingerprint density at radius 3 is 1.66 bits per heavy atom. The van der Waals surface area contributed by atoms with Gasteiger partial charge in [0.15, 0.2) is 0 Å². The first kappa shape index (κ1) is 41.3. The molecule has 2 heteroatoms. The van der Waals surface area contributed by atoms with Gasteiger partial charge < -0.3 is 9.47 Å². The zero-order chi connectivity index (χ0) is 33.4. The summed E-state index contributed by atoms with van der Waals surface area (Å²) in [5.74, 6) is 0. The molecule has 0 saturated carbocycles. The third-order valence-electron chi connectivity index (χ3n) is 7.79. The summed E-state index contributed by atoms with van der Waals surface area (Å²) >= 11 is 0. The molecular formula is C42H66O2. The third kappa shape index (κ3) is 24.7. The Morgan fingerprint density at radius 1 is 0.523 bits per heavy atom. The lowest BCUT2D eigenvalue weighted by atomic mass is 9.98. The van der Waals surface area contributed by atoms with E-state index in [1.54, 1.807) is 14.2 Å². The van der Waals surface area contributed by atoms with Crippen LogP contribution >= 0.6 is 0 Å². The zero-order valence-corrected chi connectivity index (χ0v) is 30.6. The van der Waals surface area contributed by atoms with Gasteiger partial charge in [0.05, 0.1) is 11.2 Å². The Balaban J connectivity index is 4.52. The fourth-order valence-electron chi connectivity index (χ4n) is 4.17. The van der Waals surface area contributed by atoms with Gasteiger partial charge in [-0.2, -0.15) is 0 Å². The average Bonchev–Trinajstić information content (AvgIpc) is 2.95. The summed E-state index contributed by atoms with van der Waals surface area (Å²) < 4.78 is 11.0. The maximum absolute atomic E-state index is 5.52. The van der Waals surface area contributed by atoms with Crippen molar-refractivity contribution in [3.05, 3.63) is 119 Å². The lowest BCUT2D eigenvalue weighted by molar-refractivity contribution is 0.0140. The number of rotatable bonds is 21. The molecule has 246 valence electrons. The highest BCUT2D eigenvalue weighted by atomic mass is 16.5. The molecule has 0 fully saturated rings. The molecule has 0 bridgehead atoms. The summed E-state index contributed by atoms with van der Waals surface area (Å²) in [6.07, 6.45) is 39.4.